The van der Waals surface area contributed by atoms with Crippen LogP contribution in [0.25, 0.3) is 0 Å². The fourth-order valence-electron chi connectivity index (χ4n) is 1.75. The molecule has 0 spiro atoms. The fraction of sp³-hybridized carbons (Fsp3) is 0.0667. The molecule has 2 N–H and O–H groups in total. The monoisotopic (exact) mass is 288 g/mol. The topological polar surface area (TPSA) is 76.1 Å². The van der Waals surface area contributed by atoms with Gasteiger partial charge in [-0.1, -0.05) is 0 Å². The van der Waals surface area contributed by atoms with Crippen LogP contribution in [-0.4, -0.2) is 5.97 Å². The number of anilines is 1. The molecular weight excluding hydrogens is 278 g/mol. The number of benzene rings is 2. The largest absolute Gasteiger partial charge is 0.457 e. The molecule has 0 saturated carbocycles. The predicted octanol–water partition coefficient (Wildman–Crippen LogP) is 2.78. The van der Waals surface area contributed by atoms with Gasteiger partial charge in [-0.15, -0.1) is 0 Å². The number of nitrogens with two attached hydrogens (primary N) is 1. The highest BCUT2D eigenvalue weighted by Gasteiger charge is 2.12. The van der Waals surface area contributed by atoms with E-state index in [9.17, 15) is 13.6 Å². The van der Waals surface area contributed by atoms with Gasteiger partial charge in [0, 0.05) is 11.3 Å². The Morgan fingerprint density at radius 2 is 1.95 bits per heavy atom. The summed E-state index contributed by atoms with van der Waals surface area (Å²) in [5.74, 6) is -2.02. The Labute approximate surface area is 119 Å². The summed E-state index contributed by atoms with van der Waals surface area (Å²) in [5, 5.41) is 8.89. The summed E-state index contributed by atoms with van der Waals surface area (Å²) in [6.45, 7) is -0.296. The summed E-state index contributed by atoms with van der Waals surface area (Å²) in [5.41, 5.74) is 5.89. The highest BCUT2D eigenvalue weighted by molar-refractivity contribution is 5.90. The number of carbonyl (C=O) groups excluding carboxylic acids is 1. The normalized spacial score (nSPS) is 9.95. The van der Waals surface area contributed by atoms with E-state index in [2.05, 4.69) is 0 Å². The summed E-state index contributed by atoms with van der Waals surface area (Å²) in [4.78, 5) is 11.8. The van der Waals surface area contributed by atoms with E-state index in [4.69, 9.17) is 15.7 Å². The number of rotatable bonds is 3. The van der Waals surface area contributed by atoms with Gasteiger partial charge >= 0.3 is 5.97 Å². The van der Waals surface area contributed by atoms with Crippen molar-refractivity contribution in [3.8, 4) is 6.07 Å². The summed E-state index contributed by atoms with van der Waals surface area (Å²) in [6, 6.07) is 8.71. The van der Waals surface area contributed by atoms with E-state index in [-0.39, 0.29) is 29.0 Å². The second kappa shape index (κ2) is 6.01. The van der Waals surface area contributed by atoms with Gasteiger partial charge in [0.15, 0.2) is 0 Å². The third-order valence-electron chi connectivity index (χ3n) is 2.70. The summed E-state index contributed by atoms with van der Waals surface area (Å²) in [6.07, 6.45) is 0. The molecule has 0 unspecified atom stereocenters. The van der Waals surface area contributed by atoms with Crippen LogP contribution in [0.3, 0.4) is 0 Å². The summed E-state index contributed by atoms with van der Waals surface area (Å²) >= 11 is 0. The van der Waals surface area contributed by atoms with E-state index in [0.717, 1.165) is 24.3 Å². The molecule has 0 bridgehead atoms. The van der Waals surface area contributed by atoms with Crippen LogP contribution < -0.4 is 5.73 Å². The van der Waals surface area contributed by atoms with Gasteiger partial charge in [-0.25, -0.2) is 13.6 Å². The van der Waals surface area contributed by atoms with Crippen LogP contribution in [0, 0.1) is 23.0 Å². The maximum atomic E-state index is 13.1. The van der Waals surface area contributed by atoms with Gasteiger partial charge in [0.25, 0.3) is 0 Å². The molecule has 2 rings (SSSR count). The second-order valence-corrected chi connectivity index (χ2v) is 4.26. The number of nitrogens with zero attached hydrogens (tertiary/aromatic N) is 1. The lowest BCUT2D eigenvalue weighted by molar-refractivity contribution is 0.0471. The maximum Gasteiger partial charge on any atom is 0.338 e. The van der Waals surface area contributed by atoms with E-state index >= 15 is 0 Å². The summed E-state index contributed by atoms with van der Waals surface area (Å²) < 4.78 is 31.2. The number of halogens is 2. The minimum absolute atomic E-state index is 0.0533. The van der Waals surface area contributed by atoms with Crippen molar-refractivity contribution >= 4 is 11.7 Å². The average Bonchev–Trinajstić information content (AvgIpc) is 2.43. The Balaban J connectivity index is 2.15. The minimum atomic E-state index is -0.811. The average molecular weight is 288 g/mol. The first-order valence-corrected chi connectivity index (χ1v) is 5.91. The van der Waals surface area contributed by atoms with E-state index < -0.39 is 17.6 Å². The molecule has 6 heteroatoms. The lowest BCUT2D eigenvalue weighted by atomic mass is 10.1. The molecule has 0 aromatic heterocycles. The van der Waals surface area contributed by atoms with Crippen molar-refractivity contribution in [1.29, 1.82) is 5.26 Å². The number of hydrogen-bond donors (Lipinski definition) is 1. The van der Waals surface area contributed by atoms with Crippen molar-refractivity contribution in [2.24, 2.45) is 0 Å². The van der Waals surface area contributed by atoms with Gasteiger partial charge in [-0.05, 0) is 36.4 Å². The van der Waals surface area contributed by atoms with Gasteiger partial charge in [-0.2, -0.15) is 5.26 Å². The lowest BCUT2D eigenvalue weighted by Gasteiger charge is -2.07. The first kappa shape index (κ1) is 14.5. The molecule has 4 nitrogen and oxygen atoms in total. The molecule has 0 saturated heterocycles. The van der Waals surface area contributed by atoms with Crippen LogP contribution in [-0.2, 0) is 11.3 Å². The number of esters is 1. The molecule has 2 aromatic rings. The number of ether oxygens (including phenoxy) is 1. The highest BCUT2D eigenvalue weighted by atomic mass is 19.1. The van der Waals surface area contributed by atoms with Gasteiger partial charge in [0.05, 0.1) is 17.2 Å². The number of nitrogen functional groups attached to an aromatic ring is 1. The van der Waals surface area contributed by atoms with Gasteiger partial charge in [-0.3, -0.25) is 0 Å². The van der Waals surface area contributed by atoms with Crippen LogP contribution >= 0.6 is 0 Å². The first-order chi connectivity index (χ1) is 9.99. The molecule has 0 radical (unpaired) electrons. The molecule has 0 aliphatic carbocycles. The number of carbonyl (C=O) groups is 1. The van der Waals surface area contributed by atoms with E-state index in [1.165, 1.54) is 12.1 Å². The molecule has 0 aliphatic heterocycles. The number of hydrogen-bond acceptors (Lipinski definition) is 4. The second-order valence-electron chi connectivity index (χ2n) is 4.26. The van der Waals surface area contributed by atoms with E-state index in [1.54, 1.807) is 0 Å². The molecule has 0 atom stereocenters. The quantitative estimate of drug-likeness (QED) is 0.696. The van der Waals surface area contributed by atoms with Crippen molar-refractivity contribution in [3.63, 3.8) is 0 Å². The Morgan fingerprint density at radius 3 is 2.62 bits per heavy atom. The predicted molar refractivity (Wildman–Crippen MR) is 71.0 cm³/mol. The zero-order chi connectivity index (χ0) is 15.4. The van der Waals surface area contributed by atoms with Gasteiger partial charge in [0.1, 0.15) is 18.2 Å². The van der Waals surface area contributed by atoms with E-state index in [1.807, 2.05) is 6.07 Å². The third-order valence-corrected chi connectivity index (χ3v) is 2.70. The fourth-order valence-corrected chi connectivity index (χ4v) is 1.75. The lowest BCUT2D eigenvalue weighted by Crippen LogP contribution is -2.07. The zero-order valence-electron chi connectivity index (χ0n) is 10.8. The zero-order valence-corrected chi connectivity index (χ0v) is 10.8. The van der Waals surface area contributed by atoms with Crippen molar-refractivity contribution in [3.05, 3.63) is 64.7 Å². The van der Waals surface area contributed by atoms with Crippen molar-refractivity contribution in [1.82, 2.24) is 0 Å². The summed E-state index contributed by atoms with van der Waals surface area (Å²) in [7, 11) is 0. The van der Waals surface area contributed by atoms with Crippen molar-refractivity contribution in [2.75, 3.05) is 5.73 Å². The maximum absolute atomic E-state index is 13.1. The van der Waals surface area contributed by atoms with Crippen molar-refractivity contribution < 1.29 is 18.3 Å². The molecule has 0 aliphatic rings. The molecule has 0 amide bonds. The molecule has 2 aromatic carbocycles. The van der Waals surface area contributed by atoms with Crippen LogP contribution in [0.5, 0.6) is 0 Å². The molecule has 0 fully saturated rings. The van der Waals surface area contributed by atoms with Gasteiger partial charge < -0.3 is 10.5 Å². The first-order valence-electron chi connectivity index (χ1n) is 5.91. The molecule has 106 valence electrons. The molecule has 21 heavy (non-hydrogen) atoms. The van der Waals surface area contributed by atoms with E-state index in [0.29, 0.717) is 0 Å². The SMILES string of the molecule is N#Cc1ccc(F)cc1COC(=O)c1cc(N)cc(F)c1. The number of nitriles is 1. The van der Waals surface area contributed by atoms with Crippen LogP contribution in [0.15, 0.2) is 36.4 Å². The Hall–Kier alpha value is -2.94. The Kier molecular flexibility index (Phi) is 4.14. The standard InChI is InChI=1S/C15H10F2N2O2/c16-12-2-1-9(7-18)11(4-12)8-21-15(20)10-3-13(17)6-14(19)5-10/h1-6H,8,19H2. The van der Waals surface area contributed by atoms with Gasteiger partial charge in [0.2, 0.25) is 0 Å². The van der Waals surface area contributed by atoms with Crippen LogP contribution in [0.4, 0.5) is 14.5 Å². The highest BCUT2D eigenvalue weighted by Crippen LogP contribution is 2.15. The third kappa shape index (κ3) is 3.54. The van der Waals surface area contributed by atoms with Crippen molar-refractivity contribution in [2.45, 2.75) is 6.61 Å². The molecular formula is C15H10F2N2O2. The Morgan fingerprint density at radius 1 is 1.19 bits per heavy atom. The molecule has 0 heterocycles. The van der Waals surface area contributed by atoms with Crippen LogP contribution in [0.2, 0.25) is 0 Å². The van der Waals surface area contributed by atoms with Crippen LogP contribution in [0.1, 0.15) is 21.5 Å². The smallest absolute Gasteiger partial charge is 0.338 e. The Bertz CT molecular complexity index is 719. The minimum Gasteiger partial charge on any atom is -0.457 e.